The third-order valence-corrected chi connectivity index (χ3v) is 6.00. The number of rotatable bonds is 5. The quantitative estimate of drug-likeness (QED) is 0.188. The second kappa shape index (κ2) is 9.20. The van der Waals surface area contributed by atoms with E-state index < -0.39 is 11.7 Å². The zero-order chi connectivity index (χ0) is 25.3. The summed E-state index contributed by atoms with van der Waals surface area (Å²) in [6.45, 7) is 3.77. The first-order valence-electron chi connectivity index (χ1n) is 11.2. The Labute approximate surface area is 205 Å². The first-order chi connectivity index (χ1) is 17.4. The Morgan fingerprint density at radius 3 is 2.28 bits per heavy atom. The standard InChI is InChI=1S/C30H19F3N2O/c1-2-15-36-29-27(18-34)26(20-9-12-23(13-10-20)30(31,32)33)17-28(35-29)22-11-14-25-21(16-22)8-7-19-5-3-4-6-24(19)25/h2-14,16-17H,1,15H2. The molecular formula is C30H19F3N2O. The number of nitriles is 1. The molecule has 5 aromatic rings. The van der Waals surface area contributed by atoms with Gasteiger partial charge in [0.2, 0.25) is 5.88 Å². The Kier molecular flexibility index (Phi) is 5.91. The normalized spacial score (nSPS) is 11.4. The highest BCUT2D eigenvalue weighted by atomic mass is 19.4. The summed E-state index contributed by atoms with van der Waals surface area (Å²) in [5.74, 6) is 0.100. The van der Waals surface area contributed by atoms with E-state index in [4.69, 9.17) is 4.74 Å². The van der Waals surface area contributed by atoms with E-state index in [-0.39, 0.29) is 18.1 Å². The van der Waals surface area contributed by atoms with Crippen molar-refractivity contribution in [2.75, 3.05) is 6.61 Å². The van der Waals surface area contributed by atoms with Gasteiger partial charge >= 0.3 is 6.18 Å². The van der Waals surface area contributed by atoms with Gasteiger partial charge in [0.1, 0.15) is 18.2 Å². The van der Waals surface area contributed by atoms with Gasteiger partial charge in [-0.2, -0.15) is 18.4 Å². The van der Waals surface area contributed by atoms with E-state index in [0.29, 0.717) is 16.8 Å². The molecule has 176 valence electrons. The Bertz CT molecular complexity index is 1650. The number of aromatic nitrogens is 1. The lowest BCUT2D eigenvalue weighted by molar-refractivity contribution is -0.137. The summed E-state index contributed by atoms with van der Waals surface area (Å²) in [6, 6.07) is 26.7. The van der Waals surface area contributed by atoms with Crippen LogP contribution in [-0.4, -0.2) is 11.6 Å². The first kappa shape index (κ1) is 23.1. The van der Waals surface area contributed by atoms with Crippen LogP contribution in [0.5, 0.6) is 5.88 Å². The number of pyridine rings is 1. The summed E-state index contributed by atoms with van der Waals surface area (Å²) in [5.41, 5.74) is 1.61. The lowest BCUT2D eigenvalue weighted by Crippen LogP contribution is -2.04. The molecule has 4 aromatic carbocycles. The number of hydrogen-bond donors (Lipinski definition) is 0. The van der Waals surface area contributed by atoms with E-state index in [2.05, 4.69) is 35.8 Å². The molecule has 0 unspecified atom stereocenters. The van der Waals surface area contributed by atoms with Crippen LogP contribution in [0.15, 0.2) is 97.6 Å². The monoisotopic (exact) mass is 480 g/mol. The summed E-state index contributed by atoms with van der Waals surface area (Å²) in [4.78, 5) is 4.59. The molecule has 1 aromatic heterocycles. The van der Waals surface area contributed by atoms with Crippen LogP contribution in [0.25, 0.3) is 43.9 Å². The number of ether oxygens (including phenoxy) is 1. The molecule has 0 aliphatic heterocycles. The van der Waals surface area contributed by atoms with Crippen molar-refractivity contribution in [2.24, 2.45) is 0 Å². The minimum atomic E-state index is -4.45. The fourth-order valence-corrected chi connectivity index (χ4v) is 4.26. The zero-order valence-corrected chi connectivity index (χ0v) is 19.0. The van der Waals surface area contributed by atoms with Crippen LogP contribution >= 0.6 is 0 Å². The van der Waals surface area contributed by atoms with Gasteiger partial charge in [0, 0.05) is 11.1 Å². The SMILES string of the molecule is C=CCOc1nc(-c2ccc3c(ccc4ccccc43)c2)cc(-c2ccc(C(F)(F)F)cc2)c1C#N. The first-order valence-corrected chi connectivity index (χ1v) is 11.2. The van der Waals surface area contributed by atoms with Crippen LogP contribution in [0.2, 0.25) is 0 Å². The predicted molar refractivity (Wildman–Crippen MR) is 136 cm³/mol. The number of halogens is 3. The Morgan fingerprint density at radius 2 is 1.56 bits per heavy atom. The van der Waals surface area contributed by atoms with Crippen molar-refractivity contribution in [1.29, 1.82) is 5.26 Å². The maximum absolute atomic E-state index is 13.1. The molecule has 0 fully saturated rings. The van der Waals surface area contributed by atoms with E-state index in [9.17, 15) is 18.4 Å². The van der Waals surface area contributed by atoms with Gasteiger partial charge in [-0.15, -0.1) is 0 Å². The largest absolute Gasteiger partial charge is 0.472 e. The summed E-state index contributed by atoms with van der Waals surface area (Å²) in [5, 5.41) is 14.3. The molecule has 6 heteroatoms. The van der Waals surface area contributed by atoms with Crippen molar-refractivity contribution in [1.82, 2.24) is 4.98 Å². The van der Waals surface area contributed by atoms with Gasteiger partial charge in [-0.3, -0.25) is 0 Å². The van der Waals surface area contributed by atoms with Crippen LogP contribution in [0.3, 0.4) is 0 Å². The van der Waals surface area contributed by atoms with Crippen molar-refractivity contribution in [3.05, 3.63) is 109 Å². The van der Waals surface area contributed by atoms with Gasteiger partial charge in [0.15, 0.2) is 0 Å². The van der Waals surface area contributed by atoms with E-state index in [1.54, 1.807) is 6.07 Å². The highest BCUT2D eigenvalue weighted by molar-refractivity contribution is 6.08. The summed E-state index contributed by atoms with van der Waals surface area (Å²) in [6.07, 6.45) is -2.91. The molecule has 0 saturated heterocycles. The smallest absolute Gasteiger partial charge is 0.416 e. The Balaban J connectivity index is 1.68. The number of hydrogen-bond acceptors (Lipinski definition) is 3. The zero-order valence-electron chi connectivity index (χ0n) is 19.0. The van der Waals surface area contributed by atoms with Gasteiger partial charge < -0.3 is 4.74 Å². The Hall–Kier alpha value is -4.63. The lowest BCUT2D eigenvalue weighted by Gasteiger charge is -2.14. The van der Waals surface area contributed by atoms with Crippen LogP contribution < -0.4 is 4.74 Å². The summed E-state index contributed by atoms with van der Waals surface area (Å²) in [7, 11) is 0. The number of nitrogens with zero attached hydrogens (tertiary/aromatic N) is 2. The topological polar surface area (TPSA) is 45.9 Å². The van der Waals surface area contributed by atoms with Gasteiger partial charge in [0.25, 0.3) is 0 Å². The van der Waals surface area contributed by atoms with E-state index in [1.807, 2.05) is 36.4 Å². The second-order valence-electron chi connectivity index (χ2n) is 8.24. The summed E-state index contributed by atoms with van der Waals surface area (Å²) < 4.78 is 45.0. The molecule has 0 atom stereocenters. The van der Waals surface area contributed by atoms with Crippen LogP contribution in [0, 0.1) is 11.3 Å². The minimum Gasteiger partial charge on any atom is -0.472 e. The maximum atomic E-state index is 13.1. The van der Waals surface area contributed by atoms with Gasteiger partial charge in [0.05, 0.1) is 11.3 Å². The molecule has 0 aliphatic carbocycles. The molecule has 0 radical (unpaired) electrons. The van der Waals surface area contributed by atoms with Crippen molar-refractivity contribution in [3.63, 3.8) is 0 Å². The average Bonchev–Trinajstić information content (AvgIpc) is 2.90. The molecule has 36 heavy (non-hydrogen) atoms. The molecule has 0 aliphatic rings. The molecule has 0 bridgehead atoms. The number of alkyl halides is 3. The van der Waals surface area contributed by atoms with Crippen LogP contribution in [0.4, 0.5) is 13.2 Å². The maximum Gasteiger partial charge on any atom is 0.416 e. The Morgan fingerprint density at radius 1 is 0.861 bits per heavy atom. The van der Waals surface area contributed by atoms with Crippen molar-refractivity contribution < 1.29 is 17.9 Å². The average molecular weight is 480 g/mol. The molecule has 3 nitrogen and oxygen atoms in total. The fraction of sp³-hybridized carbons (Fsp3) is 0.0667. The molecule has 5 rings (SSSR count). The molecule has 0 spiro atoms. The highest BCUT2D eigenvalue weighted by Crippen LogP contribution is 2.37. The van der Waals surface area contributed by atoms with Crippen LogP contribution in [-0.2, 0) is 6.18 Å². The number of benzene rings is 4. The fourth-order valence-electron chi connectivity index (χ4n) is 4.26. The van der Waals surface area contributed by atoms with E-state index in [0.717, 1.165) is 39.2 Å². The number of fused-ring (bicyclic) bond motifs is 3. The molecule has 1 heterocycles. The summed E-state index contributed by atoms with van der Waals surface area (Å²) >= 11 is 0. The third-order valence-electron chi connectivity index (χ3n) is 6.00. The van der Waals surface area contributed by atoms with Crippen LogP contribution in [0.1, 0.15) is 11.1 Å². The van der Waals surface area contributed by atoms with Crippen molar-refractivity contribution in [3.8, 4) is 34.3 Å². The van der Waals surface area contributed by atoms with Gasteiger partial charge in [-0.1, -0.05) is 73.3 Å². The second-order valence-corrected chi connectivity index (χ2v) is 8.24. The minimum absolute atomic E-state index is 0.100. The van der Waals surface area contributed by atoms with Gasteiger partial charge in [-0.05, 0) is 51.4 Å². The van der Waals surface area contributed by atoms with Gasteiger partial charge in [-0.25, -0.2) is 4.98 Å². The molecular weight excluding hydrogens is 461 g/mol. The van der Waals surface area contributed by atoms with Crippen molar-refractivity contribution >= 4 is 21.5 Å². The molecule has 0 N–H and O–H groups in total. The lowest BCUT2D eigenvalue weighted by atomic mass is 9.96. The third kappa shape index (κ3) is 4.27. The molecule has 0 saturated carbocycles. The van der Waals surface area contributed by atoms with E-state index in [1.165, 1.54) is 18.2 Å². The predicted octanol–water partition coefficient (Wildman–Crippen LogP) is 8.18. The van der Waals surface area contributed by atoms with Crippen molar-refractivity contribution in [2.45, 2.75) is 6.18 Å². The van der Waals surface area contributed by atoms with E-state index >= 15 is 0 Å². The highest BCUT2D eigenvalue weighted by Gasteiger charge is 2.30. The molecule has 0 amide bonds.